The van der Waals surface area contributed by atoms with Crippen molar-refractivity contribution < 1.29 is 4.79 Å². The molecule has 0 saturated carbocycles. The number of benzene rings is 1. The maximum absolute atomic E-state index is 11.2. The number of para-hydroxylation sites is 1. The average molecular weight is 247 g/mol. The van der Waals surface area contributed by atoms with Crippen molar-refractivity contribution in [3.05, 3.63) is 29.8 Å². The Bertz CT molecular complexity index is 442. The maximum Gasteiger partial charge on any atom is 0.237 e. The number of amides is 1. The summed E-state index contributed by atoms with van der Waals surface area (Å²) in [7, 11) is 0. The Kier molecular flexibility index (Phi) is 3.57. The fraction of sp³-hybridized carbons (Fsp3) is 0.500. The van der Waals surface area contributed by atoms with Gasteiger partial charge in [0.2, 0.25) is 5.91 Å². The predicted molar refractivity (Wildman–Crippen MR) is 73.4 cm³/mol. The Hall–Kier alpha value is -1.55. The summed E-state index contributed by atoms with van der Waals surface area (Å²) in [5, 5.41) is 0. The van der Waals surface area contributed by atoms with Crippen LogP contribution >= 0.6 is 0 Å². The van der Waals surface area contributed by atoms with E-state index in [9.17, 15) is 4.79 Å². The second-order valence-corrected chi connectivity index (χ2v) is 5.25. The molecule has 0 spiro atoms. The number of nitrogens with zero attached hydrogens (tertiary/aromatic N) is 1. The number of carbonyl (C=O) groups excluding carboxylic acids is 1. The van der Waals surface area contributed by atoms with E-state index in [2.05, 4.69) is 23.1 Å². The van der Waals surface area contributed by atoms with Crippen LogP contribution in [0.25, 0.3) is 0 Å². The number of rotatable bonds is 4. The van der Waals surface area contributed by atoms with Crippen molar-refractivity contribution in [2.75, 3.05) is 18.0 Å². The Labute approximate surface area is 108 Å². The topological polar surface area (TPSA) is 72.3 Å². The molecule has 1 aliphatic rings. The van der Waals surface area contributed by atoms with Crippen LogP contribution in [-0.4, -0.2) is 24.5 Å². The van der Waals surface area contributed by atoms with E-state index in [1.165, 1.54) is 11.3 Å². The molecule has 98 valence electrons. The van der Waals surface area contributed by atoms with Crippen molar-refractivity contribution >= 4 is 11.6 Å². The average Bonchev–Trinajstić information content (AvgIpc) is 2.36. The van der Waals surface area contributed by atoms with Gasteiger partial charge in [-0.05, 0) is 37.8 Å². The van der Waals surface area contributed by atoms with Crippen LogP contribution in [-0.2, 0) is 11.2 Å². The molecule has 0 aliphatic carbocycles. The highest BCUT2D eigenvalue weighted by atomic mass is 16.1. The summed E-state index contributed by atoms with van der Waals surface area (Å²) in [5.74, 6) is -0.437. The number of hydrogen-bond donors (Lipinski definition) is 2. The van der Waals surface area contributed by atoms with E-state index in [1.807, 2.05) is 6.07 Å². The highest BCUT2D eigenvalue weighted by Crippen LogP contribution is 2.27. The first-order valence-corrected chi connectivity index (χ1v) is 6.42. The number of nitrogens with two attached hydrogens (primary N) is 2. The van der Waals surface area contributed by atoms with Gasteiger partial charge in [0, 0.05) is 18.8 Å². The fourth-order valence-electron chi connectivity index (χ4n) is 2.33. The summed E-state index contributed by atoms with van der Waals surface area (Å²) in [4.78, 5) is 13.5. The molecule has 1 amide bonds. The first-order chi connectivity index (χ1) is 8.50. The zero-order valence-corrected chi connectivity index (χ0v) is 10.9. The lowest BCUT2D eigenvalue weighted by atomic mass is 9.96. The molecule has 1 aliphatic heterocycles. The van der Waals surface area contributed by atoms with Crippen molar-refractivity contribution in [3.8, 4) is 0 Å². The molecule has 2 rings (SSSR count). The Morgan fingerprint density at radius 1 is 1.44 bits per heavy atom. The predicted octanol–water partition coefficient (Wildman–Crippen LogP) is 1.03. The third-order valence-electron chi connectivity index (χ3n) is 3.67. The van der Waals surface area contributed by atoms with Gasteiger partial charge < -0.3 is 16.4 Å². The van der Waals surface area contributed by atoms with Crippen LogP contribution in [0.5, 0.6) is 0 Å². The molecule has 1 atom stereocenters. The minimum Gasteiger partial charge on any atom is -0.371 e. The monoisotopic (exact) mass is 247 g/mol. The smallest absolute Gasteiger partial charge is 0.237 e. The third kappa shape index (κ3) is 2.64. The minimum atomic E-state index is -0.924. The zero-order chi connectivity index (χ0) is 13.2. The van der Waals surface area contributed by atoms with Gasteiger partial charge in [-0.2, -0.15) is 0 Å². The molecule has 1 aromatic carbocycles. The summed E-state index contributed by atoms with van der Waals surface area (Å²) in [5.41, 5.74) is 12.9. The van der Waals surface area contributed by atoms with Crippen LogP contribution in [0.15, 0.2) is 24.3 Å². The fourth-order valence-corrected chi connectivity index (χ4v) is 2.33. The molecular weight excluding hydrogens is 226 g/mol. The van der Waals surface area contributed by atoms with Crippen LogP contribution in [0.1, 0.15) is 25.3 Å². The first kappa shape index (κ1) is 12.9. The molecular formula is C14H21N3O. The van der Waals surface area contributed by atoms with Crippen LogP contribution < -0.4 is 16.4 Å². The molecule has 1 unspecified atom stereocenters. The van der Waals surface area contributed by atoms with Crippen molar-refractivity contribution in [1.82, 2.24) is 0 Å². The van der Waals surface area contributed by atoms with Gasteiger partial charge in [-0.25, -0.2) is 0 Å². The SMILES string of the molecule is CC(N)(CCN1CCCc2ccccc21)C(N)=O. The zero-order valence-electron chi connectivity index (χ0n) is 10.9. The van der Waals surface area contributed by atoms with Crippen molar-refractivity contribution in [2.45, 2.75) is 31.7 Å². The number of primary amides is 1. The molecule has 4 nitrogen and oxygen atoms in total. The van der Waals surface area contributed by atoms with Crippen molar-refractivity contribution in [1.29, 1.82) is 0 Å². The van der Waals surface area contributed by atoms with Crippen LogP contribution in [0, 0.1) is 0 Å². The first-order valence-electron chi connectivity index (χ1n) is 6.42. The molecule has 0 aromatic heterocycles. The van der Waals surface area contributed by atoms with Gasteiger partial charge >= 0.3 is 0 Å². The lowest BCUT2D eigenvalue weighted by Gasteiger charge is -2.33. The van der Waals surface area contributed by atoms with Gasteiger partial charge in [0.25, 0.3) is 0 Å². The van der Waals surface area contributed by atoms with E-state index in [1.54, 1.807) is 6.92 Å². The van der Waals surface area contributed by atoms with E-state index >= 15 is 0 Å². The third-order valence-corrected chi connectivity index (χ3v) is 3.67. The number of fused-ring (bicyclic) bond motifs is 1. The molecule has 0 fully saturated rings. The van der Waals surface area contributed by atoms with E-state index < -0.39 is 11.4 Å². The second-order valence-electron chi connectivity index (χ2n) is 5.25. The lowest BCUT2D eigenvalue weighted by molar-refractivity contribution is -0.122. The van der Waals surface area contributed by atoms with E-state index in [4.69, 9.17) is 11.5 Å². The Morgan fingerprint density at radius 3 is 2.89 bits per heavy atom. The molecule has 1 heterocycles. The normalized spacial score (nSPS) is 18.0. The van der Waals surface area contributed by atoms with Gasteiger partial charge in [-0.3, -0.25) is 4.79 Å². The second kappa shape index (κ2) is 4.98. The number of aryl methyl sites for hydroxylation is 1. The van der Waals surface area contributed by atoms with Crippen LogP contribution in [0.2, 0.25) is 0 Å². The van der Waals surface area contributed by atoms with Gasteiger partial charge in [0.05, 0.1) is 5.54 Å². The molecule has 0 saturated heterocycles. The van der Waals surface area contributed by atoms with Crippen molar-refractivity contribution in [3.63, 3.8) is 0 Å². The van der Waals surface area contributed by atoms with E-state index in [0.29, 0.717) is 6.42 Å². The number of hydrogen-bond acceptors (Lipinski definition) is 3. The summed E-state index contributed by atoms with van der Waals surface area (Å²) in [6.07, 6.45) is 2.86. The van der Waals surface area contributed by atoms with Gasteiger partial charge in [-0.15, -0.1) is 0 Å². The minimum absolute atomic E-state index is 0.437. The highest BCUT2D eigenvalue weighted by molar-refractivity contribution is 5.83. The van der Waals surface area contributed by atoms with E-state index in [0.717, 1.165) is 25.9 Å². The van der Waals surface area contributed by atoms with Gasteiger partial charge in [0.15, 0.2) is 0 Å². The summed E-state index contributed by atoms with van der Waals surface area (Å²) in [6.45, 7) is 3.49. The standard InChI is InChI=1S/C14H21N3O/c1-14(16,13(15)18)8-10-17-9-4-6-11-5-2-3-7-12(11)17/h2-3,5,7H,4,6,8-10,16H2,1H3,(H2,15,18). The highest BCUT2D eigenvalue weighted by Gasteiger charge is 2.27. The Balaban J connectivity index is 2.06. The summed E-state index contributed by atoms with van der Waals surface area (Å²) < 4.78 is 0. The molecule has 0 bridgehead atoms. The van der Waals surface area contributed by atoms with E-state index in [-0.39, 0.29) is 0 Å². The number of carbonyl (C=O) groups is 1. The quantitative estimate of drug-likeness (QED) is 0.834. The van der Waals surface area contributed by atoms with Gasteiger partial charge in [-0.1, -0.05) is 18.2 Å². The molecule has 4 heteroatoms. The summed E-state index contributed by atoms with van der Waals surface area (Å²) >= 11 is 0. The maximum atomic E-state index is 11.2. The number of anilines is 1. The van der Waals surface area contributed by atoms with Gasteiger partial charge in [0.1, 0.15) is 0 Å². The molecule has 4 N–H and O–H groups in total. The lowest BCUT2D eigenvalue weighted by Crippen LogP contribution is -2.51. The molecule has 0 radical (unpaired) electrons. The molecule has 1 aromatic rings. The van der Waals surface area contributed by atoms with Crippen LogP contribution in [0.3, 0.4) is 0 Å². The molecule has 18 heavy (non-hydrogen) atoms. The largest absolute Gasteiger partial charge is 0.371 e. The Morgan fingerprint density at radius 2 is 2.17 bits per heavy atom. The van der Waals surface area contributed by atoms with Crippen LogP contribution in [0.4, 0.5) is 5.69 Å². The van der Waals surface area contributed by atoms with Crippen molar-refractivity contribution in [2.24, 2.45) is 11.5 Å². The summed E-state index contributed by atoms with van der Waals surface area (Å²) in [6, 6.07) is 8.41.